The summed E-state index contributed by atoms with van der Waals surface area (Å²) in [5, 5.41) is 10.1. The lowest BCUT2D eigenvalue weighted by atomic mass is 10.1. The molecular formula is C34H16N2O4S6. The Kier molecular flexibility index (Phi) is 5.74. The highest BCUT2D eigenvalue weighted by atomic mass is 32.1. The highest BCUT2D eigenvalue weighted by molar-refractivity contribution is 7.28. The number of nitrogens with one attached hydrogen (secondary N) is 2. The van der Waals surface area contributed by atoms with Crippen LogP contribution in [0.1, 0.15) is 32.4 Å². The summed E-state index contributed by atoms with van der Waals surface area (Å²) in [6.07, 6.45) is 0.397. The van der Waals surface area contributed by atoms with Crippen LogP contribution in [0, 0.1) is 0 Å². The molecule has 10 rings (SSSR count). The summed E-state index contributed by atoms with van der Waals surface area (Å²) in [5.74, 6) is -0.530. The number of carbonyl (C=O) groups excluding carboxylic acids is 4. The maximum Gasteiger partial charge on any atom is 0.256 e. The second-order valence-electron chi connectivity index (χ2n) is 11.2. The number of rotatable bonds is 5. The molecule has 2 aliphatic heterocycles. The molecule has 2 N–H and O–H groups in total. The maximum absolute atomic E-state index is 13.3. The number of thiophene rings is 6. The summed E-state index contributed by atoms with van der Waals surface area (Å²) in [5.41, 5.74) is 4.76. The Labute approximate surface area is 284 Å². The van der Waals surface area contributed by atoms with Gasteiger partial charge in [0.15, 0.2) is 11.6 Å². The first-order valence-corrected chi connectivity index (χ1v) is 19.2. The summed E-state index contributed by atoms with van der Waals surface area (Å²) >= 11 is 9.56. The first kappa shape index (κ1) is 27.1. The third-order valence-corrected chi connectivity index (χ3v) is 15.3. The Hall–Kier alpha value is -4.04. The van der Waals surface area contributed by atoms with Crippen molar-refractivity contribution in [1.29, 1.82) is 0 Å². The van der Waals surface area contributed by atoms with Gasteiger partial charge < -0.3 is 10.6 Å². The van der Waals surface area contributed by atoms with Crippen LogP contribution in [0.15, 0.2) is 81.6 Å². The second-order valence-corrected chi connectivity index (χ2v) is 17.4. The number of Topliss-reactive ketones (excluding diaryl/α,β-unsaturated/α-hetero) is 2. The molecule has 46 heavy (non-hydrogen) atoms. The Morgan fingerprint density at radius 3 is 1.33 bits per heavy atom. The van der Waals surface area contributed by atoms with E-state index in [1.807, 2.05) is 47.2 Å². The third-order valence-electron chi connectivity index (χ3n) is 8.59. The molecule has 8 heterocycles. The first-order valence-electron chi connectivity index (χ1n) is 14.2. The van der Waals surface area contributed by atoms with Crippen molar-refractivity contribution in [3.05, 3.63) is 101 Å². The summed E-state index contributed by atoms with van der Waals surface area (Å²) in [6.45, 7) is 0. The van der Waals surface area contributed by atoms with E-state index < -0.39 is 0 Å². The molecular weight excluding hydrogens is 693 g/mol. The molecule has 2 amide bonds. The Bertz CT molecular complexity index is 2330. The van der Waals surface area contributed by atoms with Gasteiger partial charge in [-0.1, -0.05) is 0 Å². The number of amides is 2. The highest BCUT2D eigenvalue weighted by Crippen LogP contribution is 2.49. The maximum atomic E-state index is 13.3. The SMILES string of the molecule is O=C1CC(c2ccc(-c3ccc(C4=C5C(=O)NC(c6cc7sccc7s6)=C5C(=O)C4)s3)s2)=C2C(=O)NC(c3cc4sccc4s3)=C12. The number of fused-ring (bicyclic) bond motifs is 4. The van der Waals surface area contributed by atoms with Gasteiger partial charge in [-0.2, -0.15) is 0 Å². The van der Waals surface area contributed by atoms with E-state index in [0.717, 1.165) is 59.2 Å². The van der Waals surface area contributed by atoms with Gasteiger partial charge in [0, 0.05) is 51.1 Å². The lowest BCUT2D eigenvalue weighted by Crippen LogP contribution is -2.16. The Morgan fingerprint density at radius 2 is 0.891 bits per heavy atom. The molecule has 0 radical (unpaired) electrons. The molecule has 12 heteroatoms. The number of ketones is 2. The molecule has 0 saturated heterocycles. The minimum absolute atomic E-state index is 0.0387. The third kappa shape index (κ3) is 3.82. The van der Waals surface area contributed by atoms with Crippen molar-refractivity contribution in [2.45, 2.75) is 12.8 Å². The van der Waals surface area contributed by atoms with Crippen molar-refractivity contribution in [3.8, 4) is 9.75 Å². The van der Waals surface area contributed by atoms with Gasteiger partial charge in [0.1, 0.15) is 0 Å². The van der Waals surface area contributed by atoms with Gasteiger partial charge in [-0.05, 0) is 70.4 Å². The fourth-order valence-corrected chi connectivity index (χ4v) is 13.0. The molecule has 0 aromatic carbocycles. The van der Waals surface area contributed by atoms with Crippen LogP contribution in [0.4, 0.5) is 0 Å². The van der Waals surface area contributed by atoms with Gasteiger partial charge in [-0.25, -0.2) is 0 Å². The van der Waals surface area contributed by atoms with Crippen molar-refractivity contribution in [2.75, 3.05) is 0 Å². The van der Waals surface area contributed by atoms with Crippen LogP contribution in [-0.4, -0.2) is 23.4 Å². The van der Waals surface area contributed by atoms with Gasteiger partial charge in [-0.3, -0.25) is 19.2 Å². The smallest absolute Gasteiger partial charge is 0.256 e. The van der Waals surface area contributed by atoms with E-state index in [9.17, 15) is 19.2 Å². The average Bonchev–Trinajstić information content (AvgIpc) is 3.85. The number of allylic oxidation sites excluding steroid dienone is 2. The summed E-state index contributed by atoms with van der Waals surface area (Å²) in [4.78, 5) is 58.6. The number of hydrogen-bond donors (Lipinski definition) is 2. The van der Waals surface area contributed by atoms with Gasteiger partial charge in [-0.15, -0.1) is 68.0 Å². The molecule has 0 fully saturated rings. The van der Waals surface area contributed by atoms with Gasteiger partial charge in [0.05, 0.1) is 43.4 Å². The quantitative estimate of drug-likeness (QED) is 0.188. The first-order chi connectivity index (χ1) is 22.4. The molecule has 0 unspecified atom stereocenters. The summed E-state index contributed by atoms with van der Waals surface area (Å²) in [7, 11) is 0. The van der Waals surface area contributed by atoms with E-state index in [0.29, 0.717) is 33.7 Å². The molecule has 2 aliphatic carbocycles. The van der Waals surface area contributed by atoms with Gasteiger partial charge >= 0.3 is 0 Å². The minimum atomic E-state index is -0.226. The van der Waals surface area contributed by atoms with Crippen molar-refractivity contribution in [3.63, 3.8) is 0 Å². The van der Waals surface area contributed by atoms with Crippen molar-refractivity contribution in [2.24, 2.45) is 0 Å². The molecule has 6 aromatic heterocycles. The summed E-state index contributed by atoms with van der Waals surface area (Å²) in [6, 6.07) is 16.2. The lowest BCUT2D eigenvalue weighted by molar-refractivity contribution is -0.116. The van der Waals surface area contributed by atoms with E-state index in [1.54, 1.807) is 68.0 Å². The lowest BCUT2D eigenvalue weighted by Gasteiger charge is -2.02. The van der Waals surface area contributed by atoms with Crippen molar-refractivity contribution < 1.29 is 19.2 Å². The van der Waals surface area contributed by atoms with Crippen LogP contribution in [0.2, 0.25) is 0 Å². The van der Waals surface area contributed by atoms with Crippen LogP contribution in [0.5, 0.6) is 0 Å². The topological polar surface area (TPSA) is 92.3 Å². The fourth-order valence-electron chi connectivity index (χ4n) is 6.60. The molecule has 222 valence electrons. The van der Waals surface area contributed by atoms with Crippen LogP contribution < -0.4 is 10.6 Å². The van der Waals surface area contributed by atoms with E-state index in [1.165, 1.54) is 0 Å². The van der Waals surface area contributed by atoms with Crippen molar-refractivity contribution in [1.82, 2.24) is 10.6 Å². The predicted octanol–water partition coefficient (Wildman–Crippen LogP) is 8.56. The Balaban J connectivity index is 0.994. The van der Waals surface area contributed by atoms with Crippen LogP contribution in [-0.2, 0) is 19.2 Å². The molecule has 6 aromatic rings. The van der Waals surface area contributed by atoms with E-state index in [4.69, 9.17) is 0 Å². The monoisotopic (exact) mass is 708 g/mol. The highest BCUT2D eigenvalue weighted by Gasteiger charge is 2.43. The number of hydrogen-bond acceptors (Lipinski definition) is 10. The van der Waals surface area contributed by atoms with Crippen LogP contribution in [0.3, 0.4) is 0 Å². The largest absolute Gasteiger partial charge is 0.320 e. The van der Waals surface area contributed by atoms with E-state index >= 15 is 0 Å². The molecule has 6 nitrogen and oxygen atoms in total. The second kappa shape index (κ2) is 9.74. The molecule has 0 bridgehead atoms. The molecule has 0 spiro atoms. The predicted molar refractivity (Wildman–Crippen MR) is 190 cm³/mol. The van der Waals surface area contributed by atoms with Crippen molar-refractivity contribution >= 4 is 133 Å². The Morgan fingerprint density at radius 1 is 0.457 bits per heavy atom. The van der Waals surface area contributed by atoms with E-state index in [-0.39, 0.29) is 36.2 Å². The molecule has 0 saturated carbocycles. The van der Waals surface area contributed by atoms with Gasteiger partial charge in [0.25, 0.3) is 11.8 Å². The zero-order valence-corrected chi connectivity index (χ0v) is 28.2. The standard InChI is InChI=1S/C34H16N2O4S6/c37-15-9-13(27-29(15)31(35-33(27)39)25-11-23-21(45-25)5-7-41-23)17-1-3-19(43-17)20-4-2-18(44-20)14-10-16(38)30-28(14)34(40)36-32(30)26-12-24-22(46-26)6-8-42-24/h1-8,11-12H,9-10H2,(H,35,39)(H,36,40). The zero-order valence-electron chi connectivity index (χ0n) is 23.3. The normalized spacial score (nSPS) is 18.0. The molecule has 0 atom stereocenters. The van der Waals surface area contributed by atoms with E-state index in [2.05, 4.69) is 22.8 Å². The molecule has 4 aliphatic rings. The fraction of sp³-hybridized carbons (Fsp3) is 0.0588. The number of carbonyl (C=O) groups is 4. The van der Waals surface area contributed by atoms with Crippen LogP contribution >= 0.6 is 68.0 Å². The average molecular weight is 709 g/mol. The minimum Gasteiger partial charge on any atom is -0.320 e. The summed E-state index contributed by atoms with van der Waals surface area (Å²) < 4.78 is 4.58. The zero-order chi connectivity index (χ0) is 30.8. The van der Waals surface area contributed by atoms with Crippen LogP contribution in [0.25, 0.3) is 51.1 Å². The van der Waals surface area contributed by atoms with Gasteiger partial charge in [0.2, 0.25) is 0 Å².